The fraction of sp³-hybridized carbons (Fsp3) is 0.407. The van der Waals surface area contributed by atoms with Gasteiger partial charge in [0.1, 0.15) is 23.4 Å². The lowest BCUT2D eigenvalue weighted by Gasteiger charge is -2.31. The molecule has 0 bridgehead atoms. The SMILES string of the molecule is COc1nc(-c2nc3n(n2)CCC[C@@H]3c2cccc(N3CCC(F)CC3)c2)ccc1-n1cnc(C)c1. The Bertz CT molecular complexity index is 1370. The van der Waals surface area contributed by atoms with E-state index < -0.39 is 6.17 Å². The second-order valence-corrected chi connectivity index (χ2v) is 9.62. The van der Waals surface area contributed by atoms with E-state index in [1.807, 2.05) is 34.5 Å². The summed E-state index contributed by atoms with van der Waals surface area (Å²) in [6.07, 6.45) is 6.26. The predicted molar refractivity (Wildman–Crippen MR) is 136 cm³/mol. The number of halogens is 1. The number of ether oxygens (including phenoxy) is 1. The Labute approximate surface area is 209 Å². The Morgan fingerprint density at radius 3 is 2.67 bits per heavy atom. The van der Waals surface area contributed by atoms with Crippen LogP contribution in [0.25, 0.3) is 17.2 Å². The fourth-order valence-corrected chi connectivity index (χ4v) is 5.28. The van der Waals surface area contributed by atoms with E-state index in [1.165, 1.54) is 5.56 Å². The highest BCUT2D eigenvalue weighted by Gasteiger charge is 2.28. The van der Waals surface area contributed by atoms with Crippen LogP contribution < -0.4 is 9.64 Å². The number of rotatable bonds is 5. The third-order valence-electron chi connectivity index (χ3n) is 7.19. The van der Waals surface area contributed by atoms with Crippen molar-refractivity contribution in [3.8, 4) is 23.1 Å². The van der Waals surface area contributed by atoms with E-state index in [-0.39, 0.29) is 5.92 Å². The van der Waals surface area contributed by atoms with Crippen molar-refractivity contribution in [2.75, 3.05) is 25.1 Å². The normalized spacial score (nSPS) is 18.3. The van der Waals surface area contributed by atoms with E-state index >= 15 is 0 Å². The molecule has 0 unspecified atom stereocenters. The zero-order valence-corrected chi connectivity index (χ0v) is 20.6. The Morgan fingerprint density at radius 1 is 1.03 bits per heavy atom. The minimum absolute atomic E-state index is 0.161. The van der Waals surface area contributed by atoms with Gasteiger partial charge in [-0.05, 0) is 62.4 Å². The molecule has 3 aromatic heterocycles. The summed E-state index contributed by atoms with van der Waals surface area (Å²) in [5, 5.41) is 4.82. The van der Waals surface area contributed by atoms with Gasteiger partial charge in [-0.25, -0.2) is 24.0 Å². The summed E-state index contributed by atoms with van der Waals surface area (Å²) in [5.74, 6) is 2.23. The smallest absolute Gasteiger partial charge is 0.238 e. The molecule has 0 N–H and O–H groups in total. The molecular weight excluding hydrogens is 457 g/mol. The molecule has 1 saturated heterocycles. The monoisotopic (exact) mass is 487 g/mol. The first-order valence-electron chi connectivity index (χ1n) is 12.6. The number of aryl methyl sites for hydroxylation is 2. The highest BCUT2D eigenvalue weighted by molar-refractivity contribution is 5.56. The molecule has 0 aliphatic carbocycles. The largest absolute Gasteiger partial charge is 0.479 e. The number of alkyl halides is 1. The number of fused-ring (bicyclic) bond motifs is 1. The van der Waals surface area contributed by atoms with Gasteiger partial charge in [0.25, 0.3) is 0 Å². The number of hydrogen-bond donors (Lipinski definition) is 0. The first-order valence-corrected chi connectivity index (χ1v) is 12.6. The highest BCUT2D eigenvalue weighted by atomic mass is 19.1. The summed E-state index contributed by atoms with van der Waals surface area (Å²) >= 11 is 0. The number of hydrogen-bond acceptors (Lipinski definition) is 6. The van der Waals surface area contributed by atoms with Crippen molar-refractivity contribution in [3.63, 3.8) is 0 Å². The number of anilines is 1. The summed E-state index contributed by atoms with van der Waals surface area (Å²) in [7, 11) is 1.62. The van der Waals surface area contributed by atoms with Crippen molar-refractivity contribution < 1.29 is 9.13 Å². The minimum Gasteiger partial charge on any atom is -0.479 e. The molecule has 0 radical (unpaired) electrons. The lowest BCUT2D eigenvalue weighted by atomic mass is 9.90. The van der Waals surface area contributed by atoms with Gasteiger partial charge >= 0.3 is 0 Å². The van der Waals surface area contributed by atoms with E-state index in [0.29, 0.717) is 30.2 Å². The number of benzene rings is 1. The van der Waals surface area contributed by atoms with E-state index in [2.05, 4.69) is 34.1 Å². The number of methoxy groups -OCH3 is 1. The molecule has 36 heavy (non-hydrogen) atoms. The Morgan fingerprint density at radius 2 is 1.89 bits per heavy atom. The Hall–Kier alpha value is -3.75. The van der Waals surface area contributed by atoms with E-state index in [9.17, 15) is 4.39 Å². The zero-order chi connectivity index (χ0) is 24.6. The van der Waals surface area contributed by atoms with Crippen LogP contribution in [0.1, 0.15) is 48.7 Å². The number of aromatic nitrogens is 6. The van der Waals surface area contributed by atoms with Crippen LogP contribution in [0.4, 0.5) is 10.1 Å². The lowest BCUT2D eigenvalue weighted by molar-refractivity contribution is 0.277. The highest BCUT2D eigenvalue weighted by Crippen LogP contribution is 2.36. The number of imidazole rings is 1. The molecule has 1 aromatic carbocycles. The Kier molecular flexibility index (Phi) is 5.91. The van der Waals surface area contributed by atoms with Crippen LogP contribution in [-0.4, -0.2) is 55.7 Å². The van der Waals surface area contributed by atoms with Crippen molar-refractivity contribution in [3.05, 3.63) is 66.0 Å². The average Bonchev–Trinajstić information content (AvgIpc) is 3.55. The number of piperidine rings is 1. The lowest BCUT2D eigenvalue weighted by Crippen LogP contribution is -2.34. The first kappa shape index (κ1) is 22.7. The summed E-state index contributed by atoms with van der Waals surface area (Å²) in [6, 6.07) is 12.5. The molecule has 2 aliphatic heterocycles. The molecule has 2 aliphatic rings. The maximum absolute atomic E-state index is 13.6. The van der Waals surface area contributed by atoms with Gasteiger partial charge in [-0.3, -0.25) is 0 Å². The van der Waals surface area contributed by atoms with Crippen molar-refractivity contribution in [2.45, 2.75) is 51.2 Å². The molecular formula is C27H30FN7O. The quantitative estimate of drug-likeness (QED) is 0.406. The zero-order valence-electron chi connectivity index (χ0n) is 20.6. The summed E-state index contributed by atoms with van der Waals surface area (Å²) in [4.78, 5) is 16.3. The molecule has 6 rings (SSSR count). The van der Waals surface area contributed by atoms with E-state index in [4.69, 9.17) is 19.8 Å². The van der Waals surface area contributed by atoms with Crippen LogP contribution in [0.15, 0.2) is 48.9 Å². The van der Waals surface area contributed by atoms with Crippen LogP contribution >= 0.6 is 0 Å². The number of nitrogens with zero attached hydrogens (tertiary/aromatic N) is 7. The van der Waals surface area contributed by atoms with Gasteiger partial charge in [0.15, 0.2) is 5.82 Å². The molecule has 9 heteroatoms. The van der Waals surface area contributed by atoms with E-state index in [0.717, 1.165) is 55.4 Å². The van der Waals surface area contributed by atoms with Crippen molar-refractivity contribution in [1.29, 1.82) is 0 Å². The standard InChI is InChI=1S/C27H30FN7O/c1-18-16-34(17-29-18)24-9-8-23(30-27(24)36-2)25-31-26-22(7-4-12-35(26)32-25)19-5-3-6-21(15-19)33-13-10-20(28)11-14-33/h3,5-6,8-9,15-17,20,22H,4,7,10-14H2,1-2H3/t22-/m1/s1. The summed E-state index contributed by atoms with van der Waals surface area (Å²) in [6.45, 7) is 4.31. The van der Waals surface area contributed by atoms with Crippen molar-refractivity contribution in [1.82, 2.24) is 29.3 Å². The second-order valence-electron chi connectivity index (χ2n) is 9.62. The molecule has 1 fully saturated rings. The van der Waals surface area contributed by atoms with Gasteiger partial charge < -0.3 is 14.2 Å². The van der Waals surface area contributed by atoms with Crippen molar-refractivity contribution >= 4 is 5.69 Å². The fourth-order valence-electron chi connectivity index (χ4n) is 5.28. The molecule has 1 atom stereocenters. The van der Waals surface area contributed by atoms with Gasteiger partial charge in [0, 0.05) is 37.4 Å². The molecule has 186 valence electrons. The topological polar surface area (TPSA) is 73.9 Å². The van der Waals surface area contributed by atoms with E-state index in [1.54, 1.807) is 13.4 Å². The minimum atomic E-state index is -0.676. The molecule has 0 saturated carbocycles. The van der Waals surface area contributed by atoms with Crippen LogP contribution in [0.5, 0.6) is 5.88 Å². The van der Waals surface area contributed by atoms with Gasteiger partial charge in [-0.15, -0.1) is 5.10 Å². The third-order valence-corrected chi connectivity index (χ3v) is 7.19. The van der Waals surface area contributed by atoms with Crippen LogP contribution in [0, 0.1) is 6.92 Å². The first-order chi connectivity index (χ1) is 17.6. The van der Waals surface area contributed by atoms with Crippen LogP contribution in [0.2, 0.25) is 0 Å². The van der Waals surface area contributed by atoms with Crippen LogP contribution in [0.3, 0.4) is 0 Å². The average molecular weight is 488 g/mol. The molecule has 4 aromatic rings. The Balaban J connectivity index is 1.30. The molecule has 8 nitrogen and oxygen atoms in total. The van der Waals surface area contributed by atoms with Gasteiger partial charge in [-0.1, -0.05) is 12.1 Å². The van der Waals surface area contributed by atoms with Gasteiger partial charge in [0.05, 0.1) is 19.1 Å². The summed E-state index contributed by atoms with van der Waals surface area (Å²) < 4.78 is 23.2. The predicted octanol–water partition coefficient (Wildman–Crippen LogP) is 4.71. The number of pyridine rings is 1. The van der Waals surface area contributed by atoms with Gasteiger partial charge in [-0.2, -0.15) is 0 Å². The molecule has 0 spiro atoms. The maximum atomic E-state index is 13.6. The maximum Gasteiger partial charge on any atom is 0.238 e. The molecule has 5 heterocycles. The van der Waals surface area contributed by atoms with Gasteiger partial charge in [0.2, 0.25) is 5.88 Å². The molecule has 0 amide bonds. The van der Waals surface area contributed by atoms with Crippen LogP contribution in [-0.2, 0) is 6.54 Å². The summed E-state index contributed by atoms with van der Waals surface area (Å²) in [5.41, 5.74) is 4.80. The van der Waals surface area contributed by atoms with Crippen molar-refractivity contribution in [2.24, 2.45) is 0 Å². The third kappa shape index (κ3) is 4.23. The second kappa shape index (κ2) is 9.37.